The largest absolute Gasteiger partial charge is 0.451 e. The molecule has 31 heavy (non-hydrogen) atoms. The Hall–Kier alpha value is -3.16. The summed E-state index contributed by atoms with van der Waals surface area (Å²) in [6.07, 6.45) is 6.31. The fourth-order valence-electron chi connectivity index (χ4n) is 3.99. The first kappa shape index (κ1) is 21.1. The topological polar surface area (TPSA) is 102 Å². The van der Waals surface area contributed by atoms with Crippen LogP contribution in [0.25, 0.3) is 5.69 Å². The van der Waals surface area contributed by atoms with Crippen molar-refractivity contribution in [2.75, 3.05) is 6.61 Å². The fourth-order valence-corrected chi connectivity index (χ4v) is 3.99. The SMILES string of the molecule is C[C@@H]1CCCC[C@@H]1NC(=O)NC(=O)COC(=O)c1cc(C2CC2)nn1-c1ccccc1. The standard InChI is InChI=1S/C23H28N4O4/c1-15-7-5-6-10-18(15)24-23(30)25-21(28)14-31-22(29)20-13-19(16-11-12-16)26-27(20)17-8-3-2-4-9-17/h2-4,8-9,13,15-16,18H,5-7,10-12,14H2,1H3,(H2,24,25,28,30)/t15-,18+/m1/s1. The van der Waals surface area contributed by atoms with Crippen LogP contribution in [0.3, 0.4) is 0 Å². The average Bonchev–Trinajstić information content (AvgIpc) is 3.52. The maximum Gasteiger partial charge on any atom is 0.357 e. The maximum absolute atomic E-state index is 12.7. The number of hydrogen-bond acceptors (Lipinski definition) is 5. The van der Waals surface area contributed by atoms with Crippen molar-refractivity contribution in [3.63, 3.8) is 0 Å². The van der Waals surface area contributed by atoms with Crippen LogP contribution in [0.4, 0.5) is 4.79 Å². The van der Waals surface area contributed by atoms with E-state index in [0.29, 0.717) is 11.8 Å². The Morgan fingerprint density at radius 1 is 1.10 bits per heavy atom. The highest BCUT2D eigenvalue weighted by Crippen LogP contribution is 2.39. The van der Waals surface area contributed by atoms with Crippen LogP contribution in [-0.4, -0.2) is 40.3 Å². The number of carbonyl (C=O) groups excluding carboxylic acids is 3. The number of urea groups is 1. The molecule has 8 nitrogen and oxygen atoms in total. The van der Waals surface area contributed by atoms with E-state index in [0.717, 1.165) is 49.9 Å². The minimum Gasteiger partial charge on any atom is -0.451 e. The van der Waals surface area contributed by atoms with Crippen LogP contribution in [0.2, 0.25) is 0 Å². The van der Waals surface area contributed by atoms with Gasteiger partial charge in [-0.3, -0.25) is 10.1 Å². The third-order valence-corrected chi connectivity index (χ3v) is 5.95. The molecule has 1 heterocycles. The molecular weight excluding hydrogens is 396 g/mol. The van der Waals surface area contributed by atoms with E-state index in [1.807, 2.05) is 30.3 Å². The summed E-state index contributed by atoms with van der Waals surface area (Å²) in [5.41, 5.74) is 1.86. The van der Waals surface area contributed by atoms with Gasteiger partial charge in [0.2, 0.25) is 0 Å². The molecule has 1 aromatic heterocycles. The fraction of sp³-hybridized carbons (Fsp3) is 0.478. The van der Waals surface area contributed by atoms with Gasteiger partial charge in [-0.1, -0.05) is 38.0 Å². The number of rotatable bonds is 6. The van der Waals surface area contributed by atoms with Crippen molar-refractivity contribution in [1.82, 2.24) is 20.4 Å². The van der Waals surface area contributed by atoms with Crippen LogP contribution in [0.5, 0.6) is 0 Å². The summed E-state index contributed by atoms with van der Waals surface area (Å²) >= 11 is 0. The van der Waals surface area contributed by atoms with E-state index in [1.54, 1.807) is 10.7 Å². The number of aromatic nitrogens is 2. The van der Waals surface area contributed by atoms with Crippen molar-refractivity contribution in [1.29, 1.82) is 0 Å². The molecule has 0 saturated heterocycles. The lowest BCUT2D eigenvalue weighted by molar-refractivity contribution is -0.123. The van der Waals surface area contributed by atoms with Gasteiger partial charge in [0.25, 0.3) is 5.91 Å². The second kappa shape index (κ2) is 9.32. The van der Waals surface area contributed by atoms with Crippen LogP contribution in [0.15, 0.2) is 36.4 Å². The van der Waals surface area contributed by atoms with Gasteiger partial charge in [-0.2, -0.15) is 5.10 Å². The van der Waals surface area contributed by atoms with Crippen LogP contribution >= 0.6 is 0 Å². The van der Waals surface area contributed by atoms with Gasteiger partial charge >= 0.3 is 12.0 Å². The Balaban J connectivity index is 1.34. The van der Waals surface area contributed by atoms with Crippen molar-refractivity contribution in [3.05, 3.63) is 47.8 Å². The molecule has 0 unspecified atom stereocenters. The second-order valence-corrected chi connectivity index (χ2v) is 8.44. The molecule has 2 aromatic rings. The number of imide groups is 1. The van der Waals surface area contributed by atoms with E-state index in [1.165, 1.54) is 0 Å². The molecule has 3 amide bonds. The Bertz CT molecular complexity index is 952. The number of para-hydroxylation sites is 1. The van der Waals surface area contributed by atoms with Crippen LogP contribution in [0, 0.1) is 5.92 Å². The number of nitrogens with one attached hydrogen (secondary N) is 2. The molecule has 0 radical (unpaired) electrons. The molecule has 1 aromatic carbocycles. The van der Waals surface area contributed by atoms with Crippen LogP contribution in [0.1, 0.15) is 67.5 Å². The first-order valence-corrected chi connectivity index (χ1v) is 10.9. The summed E-state index contributed by atoms with van der Waals surface area (Å²) in [6.45, 7) is 1.56. The van der Waals surface area contributed by atoms with Crippen LogP contribution < -0.4 is 10.6 Å². The molecule has 2 fully saturated rings. The molecule has 0 spiro atoms. The van der Waals surface area contributed by atoms with Crippen molar-refractivity contribution in [2.24, 2.45) is 5.92 Å². The molecule has 0 bridgehead atoms. The van der Waals surface area contributed by atoms with Crippen molar-refractivity contribution < 1.29 is 19.1 Å². The average molecular weight is 425 g/mol. The van der Waals surface area contributed by atoms with E-state index >= 15 is 0 Å². The first-order valence-electron chi connectivity index (χ1n) is 10.9. The molecule has 2 atom stereocenters. The van der Waals surface area contributed by atoms with Crippen molar-refractivity contribution in [3.8, 4) is 5.69 Å². The summed E-state index contributed by atoms with van der Waals surface area (Å²) in [4.78, 5) is 36.9. The maximum atomic E-state index is 12.7. The smallest absolute Gasteiger partial charge is 0.357 e. The number of ether oxygens (including phenoxy) is 1. The lowest BCUT2D eigenvalue weighted by Crippen LogP contribution is -2.48. The summed E-state index contributed by atoms with van der Waals surface area (Å²) in [5.74, 6) is -0.570. The first-order chi connectivity index (χ1) is 15.0. The predicted octanol–water partition coefficient (Wildman–Crippen LogP) is 3.31. The number of esters is 1. The molecule has 2 saturated carbocycles. The summed E-state index contributed by atoms with van der Waals surface area (Å²) in [6, 6.07) is 10.5. The zero-order valence-electron chi connectivity index (χ0n) is 17.7. The zero-order chi connectivity index (χ0) is 21.8. The van der Waals surface area contributed by atoms with E-state index in [2.05, 4.69) is 22.7 Å². The van der Waals surface area contributed by atoms with Gasteiger partial charge in [0, 0.05) is 12.0 Å². The summed E-state index contributed by atoms with van der Waals surface area (Å²) in [5, 5.41) is 9.65. The summed E-state index contributed by atoms with van der Waals surface area (Å²) in [7, 11) is 0. The van der Waals surface area contributed by atoms with Crippen LogP contribution in [-0.2, 0) is 9.53 Å². The Morgan fingerprint density at radius 2 is 1.84 bits per heavy atom. The monoisotopic (exact) mass is 424 g/mol. The number of benzene rings is 1. The minimum absolute atomic E-state index is 0.0603. The Morgan fingerprint density at radius 3 is 2.55 bits per heavy atom. The number of amides is 3. The Labute approximate surface area is 181 Å². The minimum atomic E-state index is -0.664. The van der Waals surface area contributed by atoms with E-state index in [9.17, 15) is 14.4 Å². The molecule has 2 aliphatic rings. The molecule has 164 valence electrons. The van der Waals surface area contributed by atoms with Gasteiger partial charge < -0.3 is 10.1 Å². The number of hydrogen-bond donors (Lipinski definition) is 2. The van der Waals surface area contributed by atoms with Gasteiger partial charge in [-0.25, -0.2) is 14.3 Å². The third kappa shape index (κ3) is 5.31. The lowest BCUT2D eigenvalue weighted by atomic mass is 9.86. The molecule has 8 heteroatoms. The normalized spacial score (nSPS) is 20.7. The highest BCUT2D eigenvalue weighted by Gasteiger charge is 2.30. The number of nitrogens with zero attached hydrogens (tertiary/aromatic N) is 2. The molecular formula is C23H28N4O4. The van der Waals surface area contributed by atoms with E-state index < -0.39 is 24.5 Å². The quantitative estimate of drug-likeness (QED) is 0.693. The molecule has 4 rings (SSSR count). The molecule has 0 aliphatic heterocycles. The predicted molar refractivity (Wildman–Crippen MR) is 114 cm³/mol. The van der Waals surface area contributed by atoms with Gasteiger partial charge in [0.15, 0.2) is 12.3 Å². The van der Waals surface area contributed by atoms with Gasteiger partial charge in [-0.05, 0) is 49.8 Å². The Kier molecular flexibility index (Phi) is 6.34. The van der Waals surface area contributed by atoms with Gasteiger partial charge in [0.05, 0.1) is 11.4 Å². The van der Waals surface area contributed by atoms with E-state index in [4.69, 9.17) is 4.74 Å². The highest BCUT2D eigenvalue weighted by atomic mass is 16.5. The van der Waals surface area contributed by atoms with E-state index in [-0.39, 0.29) is 11.7 Å². The van der Waals surface area contributed by atoms with Gasteiger partial charge in [0.1, 0.15) is 0 Å². The zero-order valence-corrected chi connectivity index (χ0v) is 17.7. The molecule has 2 N–H and O–H groups in total. The number of carbonyl (C=O) groups is 3. The van der Waals surface area contributed by atoms with Gasteiger partial charge in [-0.15, -0.1) is 0 Å². The molecule has 2 aliphatic carbocycles. The second-order valence-electron chi connectivity index (χ2n) is 8.44. The highest BCUT2D eigenvalue weighted by molar-refractivity contribution is 5.96. The van der Waals surface area contributed by atoms with Crippen molar-refractivity contribution in [2.45, 2.75) is 57.4 Å². The van der Waals surface area contributed by atoms with Crippen molar-refractivity contribution >= 4 is 17.9 Å². The third-order valence-electron chi connectivity index (χ3n) is 5.95. The summed E-state index contributed by atoms with van der Waals surface area (Å²) < 4.78 is 6.73. The lowest BCUT2D eigenvalue weighted by Gasteiger charge is -2.29.